The van der Waals surface area contributed by atoms with Crippen LogP contribution in [0.2, 0.25) is 0 Å². The lowest BCUT2D eigenvalue weighted by Crippen LogP contribution is -2.18. The smallest absolute Gasteiger partial charge is 0.320 e. The molecule has 0 saturated carbocycles. The molecule has 1 aliphatic heterocycles. The van der Waals surface area contributed by atoms with Crippen LogP contribution in [0.4, 0.5) is 5.82 Å². The molecule has 0 aliphatic carbocycles. The minimum Gasteiger partial charge on any atom is -0.460 e. The van der Waals surface area contributed by atoms with Gasteiger partial charge in [0.2, 0.25) is 0 Å². The second-order valence-corrected chi connectivity index (χ2v) is 5.75. The summed E-state index contributed by atoms with van der Waals surface area (Å²) in [5.74, 6) is 0.346. The van der Waals surface area contributed by atoms with Gasteiger partial charge in [0.05, 0.1) is 12.4 Å². The number of fused-ring (bicyclic) bond motifs is 1. The van der Waals surface area contributed by atoms with Crippen molar-refractivity contribution in [2.45, 2.75) is 58.3 Å². The Hall–Kier alpha value is -1.89. The molecule has 7 heteroatoms. The van der Waals surface area contributed by atoms with Gasteiger partial charge in [-0.2, -0.15) is 9.97 Å². The van der Waals surface area contributed by atoms with E-state index < -0.39 is 0 Å². The molecule has 3 rings (SSSR count). The number of aromatic nitrogens is 4. The first-order valence-electron chi connectivity index (χ1n) is 7.97. The molecule has 1 fully saturated rings. The zero-order valence-electron chi connectivity index (χ0n) is 13.2. The van der Waals surface area contributed by atoms with E-state index in [1.165, 1.54) is 0 Å². The fraction of sp³-hybridized carbons (Fsp3) is 0.667. The number of hydrogen-bond donors (Lipinski definition) is 1. The Morgan fingerprint density at radius 1 is 1.45 bits per heavy atom. The van der Waals surface area contributed by atoms with Gasteiger partial charge in [-0.25, -0.2) is 4.98 Å². The summed E-state index contributed by atoms with van der Waals surface area (Å²) in [4.78, 5) is 13.0. The van der Waals surface area contributed by atoms with Crippen molar-refractivity contribution in [1.82, 2.24) is 19.5 Å². The lowest BCUT2D eigenvalue weighted by atomic mass is 10.2. The van der Waals surface area contributed by atoms with E-state index in [0.717, 1.165) is 38.7 Å². The van der Waals surface area contributed by atoms with Crippen molar-refractivity contribution in [1.29, 1.82) is 0 Å². The van der Waals surface area contributed by atoms with Crippen molar-refractivity contribution in [2.75, 3.05) is 12.3 Å². The van der Waals surface area contributed by atoms with E-state index in [2.05, 4.69) is 21.9 Å². The van der Waals surface area contributed by atoms with Crippen molar-refractivity contribution in [3.05, 3.63) is 6.33 Å². The molecule has 2 N–H and O–H groups in total. The van der Waals surface area contributed by atoms with E-state index in [9.17, 15) is 0 Å². The monoisotopic (exact) mass is 305 g/mol. The minimum atomic E-state index is -0.0334. The van der Waals surface area contributed by atoms with Gasteiger partial charge >= 0.3 is 6.01 Å². The topological polar surface area (TPSA) is 88.1 Å². The summed E-state index contributed by atoms with van der Waals surface area (Å²) in [5, 5.41) is 0. The molecule has 7 nitrogen and oxygen atoms in total. The third-order valence-electron chi connectivity index (χ3n) is 3.90. The van der Waals surface area contributed by atoms with Gasteiger partial charge in [-0.3, -0.25) is 4.57 Å². The summed E-state index contributed by atoms with van der Waals surface area (Å²) in [6.45, 7) is 4.89. The molecule has 3 heterocycles. The van der Waals surface area contributed by atoms with Gasteiger partial charge in [0, 0.05) is 6.61 Å². The molecule has 1 saturated heterocycles. The Kier molecular flexibility index (Phi) is 4.42. The summed E-state index contributed by atoms with van der Waals surface area (Å²) < 4.78 is 13.5. The minimum absolute atomic E-state index is 0.0334. The van der Waals surface area contributed by atoms with Gasteiger partial charge in [0.1, 0.15) is 6.23 Å². The fourth-order valence-electron chi connectivity index (χ4n) is 2.77. The van der Waals surface area contributed by atoms with E-state index in [1.807, 2.05) is 11.5 Å². The zero-order chi connectivity index (χ0) is 15.5. The molecule has 1 unspecified atom stereocenters. The molecule has 0 amide bonds. The SMILES string of the molecule is CCC[C@H](C)Oc1nc(N)c2ncn(C3CCCCO3)c2n1. The maximum Gasteiger partial charge on any atom is 0.320 e. The second kappa shape index (κ2) is 6.48. The predicted octanol–water partition coefficient (Wildman–Crippen LogP) is 2.68. The van der Waals surface area contributed by atoms with E-state index in [0.29, 0.717) is 23.0 Å². The summed E-state index contributed by atoms with van der Waals surface area (Å²) in [5.41, 5.74) is 7.28. The molecule has 2 aromatic rings. The molecule has 22 heavy (non-hydrogen) atoms. The van der Waals surface area contributed by atoms with Crippen molar-refractivity contribution in [3.63, 3.8) is 0 Å². The van der Waals surface area contributed by atoms with Crippen LogP contribution in [0, 0.1) is 0 Å². The summed E-state index contributed by atoms with van der Waals surface area (Å²) in [6.07, 6.45) is 6.95. The first-order valence-corrected chi connectivity index (χ1v) is 7.97. The number of nitrogens with two attached hydrogens (primary N) is 1. The number of rotatable bonds is 5. The highest BCUT2D eigenvalue weighted by Gasteiger charge is 2.21. The maximum atomic E-state index is 6.00. The Labute approximate surface area is 129 Å². The average molecular weight is 305 g/mol. The quantitative estimate of drug-likeness (QED) is 0.913. The first-order chi connectivity index (χ1) is 10.7. The molecule has 0 bridgehead atoms. The number of ether oxygens (including phenoxy) is 2. The van der Waals surface area contributed by atoms with E-state index >= 15 is 0 Å². The maximum absolute atomic E-state index is 6.00. The molecule has 0 spiro atoms. The Bertz CT molecular complexity index is 636. The Morgan fingerprint density at radius 2 is 2.32 bits per heavy atom. The predicted molar refractivity (Wildman–Crippen MR) is 83.6 cm³/mol. The molecule has 2 atom stereocenters. The number of nitrogens with zero attached hydrogens (tertiary/aromatic N) is 4. The first kappa shape index (κ1) is 15.0. The zero-order valence-corrected chi connectivity index (χ0v) is 13.2. The van der Waals surface area contributed by atoms with Crippen LogP contribution >= 0.6 is 0 Å². The van der Waals surface area contributed by atoms with Crippen LogP contribution < -0.4 is 10.5 Å². The number of anilines is 1. The Balaban J connectivity index is 1.92. The third-order valence-corrected chi connectivity index (χ3v) is 3.90. The van der Waals surface area contributed by atoms with Gasteiger partial charge in [-0.1, -0.05) is 13.3 Å². The molecule has 120 valence electrons. The van der Waals surface area contributed by atoms with Gasteiger partial charge in [-0.05, 0) is 32.6 Å². The van der Waals surface area contributed by atoms with Gasteiger partial charge in [0.25, 0.3) is 0 Å². The van der Waals surface area contributed by atoms with Crippen LogP contribution in [0.1, 0.15) is 52.2 Å². The lowest BCUT2D eigenvalue weighted by molar-refractivity contribution is -0.0298. The summed E-state index contributed by atoms with van der Waals surface area (Å²) >= 11 is 0. The highest BCUT2D eigenvalue weighted by Crippen LogP contribution is 2.28. The standard InChI is InChI=1S/C15H23N5O2/c1-3-6-10(2)22-15-18-13(16)12-14(19-15)20(9-17-12)11-7-4-5-8-21-11/h9-11H,3-8H2,1-2H3,(H2,16,18,19)/t10-,11?/m0/s1. The van der Waals surface area contributed by atoms with E-state index in [4.69, 9.17) is 15.2 Å². The van der Waals surface area contributed by atoms with Crippen molar-refractivity contribution < 1.29 is 9.47 Å². The second-order valence-electron chi connectivity index (χ2n) is 5.75. The summed E-state index contributed by atoms with van der Waals surface area (Å²) in [6, 6.07) is 0.309. The van der Waals surface area contributed by atoms with E-state index in [1.54, 1.807) is 6.33 Å². The number of imidazole rings is 1. The molecular formula is C15H23N5O2. The van der Waals surface area contributed by atoms with Crippen molar-refractivity contribution in [3.8, 4) is 6.01 Å². The van der Waals surface area contributed by atoms with Crippen LogP contribution in [0.5, 0.6) is 6.01 Å². The van der Waals surface area contributed by atoms with Crippen LogP contribution in [0.15, 0.2) is 6.33 Å². The Morgan fingerprint density at radius 3 is 3.05 bits per heavy atom. The average Bonchev–Trinajstić information content (AvgIpc) is 2.92. The van der Waals surface area contributed by atoms with Crippen LogP contribution in [0.3, 0.4) is 0 Å². The van der Waals surface area contributed by atoms with E-state index in [-0.39, 0.29) is 12.3 Å². The third kappa shape index (κ3) is 2.99. The molecule has 2 aromatic heterocycles. The highest BCUT2D eigenvalue weighted by molar-refractivity contribution is 5.81. The van der Waals surface area contributed by atoms with Crippen LogP contribution in [-0.4, -0.2) is 32.2 Å². The molecule has 0 aromatic carbocycles. The number of nitrogen functional groups attached to an aromatic ring is 1. The molecule has 1 aliphatic rings. The number of hydrogen-bond acceptors (Lipinski definition) is 6. The van der Waals surface area contributed by atoms with Gasteiger partial charge in [0.15, 0.2) is 17.0 Å². The van der Waals surface area contributed by atoms with Crippen molar-refractivity contribution in [2.24, 2.45) is 0 Å². The molecular weight excluding hydrogens is 282 g/mol. The largest absolute Gasteiger partial charge is 0.460 e. The fourth-order valence-corrected chi connectivity index (χ4v) is 2.77. The molecule has 0 radical (unpaired) electrons. The highest BCUT2D eigenvalue weighted by atomic mass is 16.5. The van der Waals surface area contributed by atoms with Crippen molar-refractivity contribution >= 4 is 17.0 Å². The summed E-state index contributed by atoms with van der Waals surface area (Å²) in [7, 11) is 0. The van der Waals surface area contributed by atoms with Gasteiger partial charge < -0.3 is 15.2 Å². The normalized spacial score (nSPS) is 20.2. The lowest BCUT2D eigenvalue weighted by Gasteiger charge is -2.23. The van der Waals surface area contributed by atoms with Gasteiger partial charge in [-0.15, -0.1) is 0 Å². The van der Waals surface area contributed by atoms with Crippen LogP contribution in [0.25, 0.3) is 11.2 Å². The van der Waals surface area contributed by atoms with Crippen LogP contribution in [-0.2, 0) is 4.74 Å².